The van der Waals surface area contributed by atoms with Gasteiger partial charge in [-0.25, -0.2) is 18.0 Å². The van der Waals surface area contributed by atoms with Crippen molar-refractivity contribution in [2.75, 3.05) is 0 Å². The minimum Gasteiger partial charge on any atom is -0.439 e. The Balaban J connectivity index is 1.71. The molecule has 0 spiro atoms. The minimum absolute atomic E-state index is 0.301. The number of ether oxygens (including phenoxy) is 1. The number of hydrogen-bond acceptors (Lipinski definition) is 4. The van der Waals surface area contributed by atoms with Crippen LogP contribution in [0.4, 0.5) is 18.0 Å². The number of nitrogens with zero attached hydrogens (tertiary/aromatic N) is 2. The van der Waals surface area contributed by atoms with Gasteiger partial charge in [0, 0.05) is 29.7 Å². The SMILES string of the molecule is O=C1N[C@H](c2cncc(-c3cncc(F)c3)c2)[C@@H](c2ccc(F)c(F)c2)O1. The molecule has 3 aromatic rings. The number of alkyl carbamates (subject to hydrolysis) is 1. The summed E-state index contributed by atoms with van der Waals surface area (Å²) >= 11 is 0. The second-order valence-corrected chi connectivity index (χ2v) is 6.02. The van der Waals surface area contributed by atoms with E-state index in [-0.39, 0.29) is 0 Å². The summed E-state index contributed by atoms with van der Waals surface area (Å²) in [5.41, 5.74) is 1.97. The first-order chi connectivity index (χ1) is 13.0. The van der Waals surface area contributed by atoms with E-state index in [0.29, 0.717) is 22.3 Å². The molecular weight excluding hydrogens is 359 g/mol. The van der Waals surface area contributed by atoms with Gasteiger partial charge in [0.15, 0.2) is 17.7 Å². The van der Waals surface area contributed by atoms with Gasteiger partial charge in [-0.05, 0) is 35.4 Å². The third-order valence-electron chi connectivity index (χ3n) is 4.24. The molecule has 0 bridgehead atoms. The molecule has 2 aromatic heterocycles. The van der Waals surface area contributed by atoms with Crippen LogP contribution in [0.1, 0.15) is 23.3 Å². The van der Waals surface area contributed by atoms with E-state index in [0.717, 1.165) is 18.3 Å². The van der Waals surface area contributed by atoms with Gasteiger partial charge < -0.3 is 10.1 Å². The molecule has 1 N–H and O–H groups in total. The van der Waals surface area contributed by atoms with Crippen molar-refractivity contribution < 1.29 is 22.7 Å². The molecule has 0 unspecified atom stereocenters. The van der Waals surface area contributed by atoms with Gasteiger partial charge in [0.05, 0.1) is 6.20 Å². The molecule has 8 heteroatoms. The second-order valence-electron chi connectivity index (χ2n) is 6.02. The molecular formula is C19H12F3N3O2. The molecule has 1 aliphatic heterocycles. The monoisotopic (exact) mass is 371 g/mol. The molecule has 27 heavy (non-hydrogen) atoms. The van der Waals surface area contributed by atoms with Crippen molar-refractivity contribution >= 4 is 6.09 Å². The second kappa shape index (κ2) is 6.71. The zero-order chi connectivity index (χ0) is 19.0. The zero-order valence-electron chi connectivity index (χ0n) is 13.7. The van der Waals surface area contributed by atoms with Gasteiger partial charge in [-0.15, -0.1) is 0 Å². The maximum absolute atomic E-state index is 13.6. The number of rotatable bonds is 3. The number of aromatic nitrogens is 2. The molecule has 0 saturated carbocycles. The summed E-state index contributed by atoms with van der Waals surface area (Å²) in [5, 5.41) is 2.64. The van der Waals surface area contributed by atoms with Gasteiger partial charge in [0.1, 0.15) is 11.9 Å². The molecule has 1 aromatic carbocycles. The van der Waals surface area contributed by atoms with Crippen molar-refractivity contribution in [3.05, 3.63) is 83.7 Å². The van der Waals surface area contributed by atoms with Crippen LogP contribution in [0.3, 0.4) is 0 Å². The van der Waals surface area contributed by atoms with Crippen LogP contribution in [0.25, 0.3) is 11.1 Å². The summed E-state index contributed by atoms with van der Waals surface area (Å²) in [4.78, 5) is 19.7. The van der Waals surface area contributed by atoms with Crippen molar-refractivity contribution in [2.45, 2.75) is 12.1 Å². The van der Waals surface area contributed by atoms with E-state index in [1.807, 2.05) is 0 Å². The molecule has 0 aliphatic carbocycles. The highest BCUT2D eigenvalue weighted by atomic mass is 19.2. The third-order valence-corrected chi connectivity index (χ3v) is 4.24. The molecule has 2 atom stereocenters. The lowest BCUT2D eigenvalue weighted by Crippen LogP contribution is -2.19. The number of carbonyl (C=O) groups excluding carboxylic acids is 1. The Morgan fingerprint density at radius 3 is 2.33 bits per heavy atom. The number of hydrogen-bond donors (Lipinski definition) is 1. The lowest BCUT2D eigenvalue weighted by atomic mass is 9.96. The van der Waals surface area contributed by atoms with E-state index >= 15 is 0 Å². The van der Waals surface area contributed by atoms with Crippen molar-refractivity contribution in [2.24, 2.45) is 0 Å². The summed E-state index contributed by atoms with van der Waals surface area (Å²) in [6.45, 7) is 0. The van der Waals surface area contributed by atoms with Crippen LogP contribution >= 0.6 is 0 Å². The molecule has 136 valence electrons. The zero-order valence-corrected chi connectivity index (χ0v) is 13.7. The Bertz CT molecular complexity index is 1030. The van der Waals surface area contributed by atoms with Gasteiger partial charge in [-0.2, -0.15) is 0 Å². The molecule has 0 radical (unpaired) electrons. The van der Waals surface area contributed by atoms with Crippen LogP contribution in [-0.2, 0) is 4.74 Å². The van der Waals surface area contributed by atoms with Crippen LogP contribution < -0.4 is 5.32 Å². The molecule has 1 amide bonds. The number of cyclic esters (lactones) is 1. The first-order valence-corrected chi connectivity index (χ1v) is 7.99. The molecule has 1 saturated heterocycles. The van der Waals surface area contributed by atoms with E-state index in [1.54, 1.807) is 6.07 Å². The predicted octanol–water partition coefficient (Wildman–Crippen LogP) is 4.08. The molecule has 4 rings (SSSR count). The van der Waals surface area contributed by atoms with Crippen LogP contribution in [0.2, 0.25) is 0 Å². The Kier molecular flexibility index (Phi) is 4.23. The average molecular weight is 371 g/mol. The third kappa shape index (κ3) is 3.33. The summed E-state index contributed by atoms with van der Waals surface area (Å²) in [6, 6.07) is 5.66. The van der Waals surface area contributed by atoms with E-state index in [4.69, 9.17) is 4.74 Å². The lowest BCUT2D eigenvalue weighted by Gasteiger charge is -2.18. The molecule has 3 heterocycles. The van der Waals surface area contributed by atoms with Crippen LogP contribution in [0.5, 0.6) is 0 Å². The highest BCUT2D eigenvalue weighted by molar-refractivity contribution is 5.71. The fourth-order valence-electron chi connectivity index (χ4n) is 2.98. The first-order valence-electron chi connectivity index (χ1n) is 7.99. The quantitative estimate of drug-likeness (QED) is 0.753. The van der Waals surface area contributed by atoms with Crippen molar-refractivity contribution in [1.29, 1.82) is 0 Å². The standard InChI is InChI=1S/C19H12F3N3O2/c20-14-4-12(7-24-9-14)11-3-13(8-23-6-11)17-18(27-19(26)25-17)10-1-2-15(21)16(22)5-10/h1-9,17-18H,(H,25,26)/t17-,18-/m1/s1. The van der Waals surface area contributed by atoms with Gasteiger partial charge in [0.25, 0.3) is 0 Å². The van der Waals surface area contributed by atoms with Crippen LogP contribution in [-0.4, -0.2) is 16.1 Å². The topological polar surface area (TPSA) is 64.1 Å². The molecule has 1 aliphatic rings. The Hall–Kier alpha value is -3.42. The summed E-state index contributed by atoms with van der Waals surface area (Å²) in [6.07, 6.45) is 4.07. The first kappa shape index (κ1) is 17.0. The largest absolute Gasteiger partial charge is 0.439 e. The Morgan fingerprint density at radius 2 is 1.59 bits per heavy atom. The van der Waals surface area contributed by atoms with Gasteiger partial charge in [-0.1, -0.05) is 6.07 Å². The Labute approximate surface area is 151 Å². The number of amides is 1. The highest BCUT2D eigenvalue weighted by Crippen LogP contribution is 2.37. The van der Waals surface area contributed by atoms with Gasteiger partial charge >= 0.3 is 6.09 Å². The van der Waals surface area contributed by atoms with Crippen LogP contribution in [0.15, 0.2) is 55.1 Å². The van der Waals surface area contributed by atoms with Crippen molar-refractivity contribution in [1.82, 2.24) is 15.3 Å². The maximum atomic E-state index is 13.6. The van der Waals surface area contributed by atoms with Crippen molar-refractivity contribution in [3.63, 3.8) is 0 Å². The highest BCUT2D eigenvalue weighted by Gasteiger charge is 2.37. The van der Waals surface area contributed by atoms with E-state index < -0.39 is 35.7 Å². The van der Waals surface area contributed by atoms with Gasteiger partial charge in [0.2, 0.25) is 0 Å². The predicted molar refractivity (Wildman–Crippen MR) is 88.9 cm³/mol. The smallest absolute Gasteiger partial charge is 0.408 e. The van der Waals surface area contributed by atoms with Crippen molar-refractivity contribution in [3.8, 4) is 11.1 Å². The van der Waals surface area contributed by atoms with E-state index in [2.05, 4.69) is 15.3 Å². The minimum atomic E-state index is -1.04. The molecule has 5 nitrogen and oxygen atoms in total. The van der Waals surface area contributed by atoms with Crippen LogP contribution in [0, 0.1) is 17.5 Å². The summed E-state index contributed by atoms with van der Waals surface area (Å²) in [7, 11) is 0. The van der Waals surface area contributed by atoms with E-state index in [9.17, 15) is 18.0 Å². The fraction of sp³-hybridized carbons (Fsp3) is 0.105. The number of pyridine rings is 2. The number of carbonyl (C=O) groups is 1. The lowest BCUT2D eigenvalue weighted by molar-refractivity contribution is 0.132. The molecule has 1 fully saturated rings. The number of nitrogens with one attached hydrogen (secondary N) is 1. The van der Waals surface area contributed by atoms with Gasteiger partial charge in [-0.3, -0.25) is 9.97 Å². The normalized spacial score (nSPS) is 18.9. The Morgan fingerprint density at radius 1 is 0.852 bits per heavy atom. The average Bonchev–Trinajstić information content (AvgIpc) is 3.06. The fourth-order valence-corrected chi connectivity index (χ4v) is 2.98. The summed E-state index contributed by atoms with van der Waals surface area (Å²) < 4.78 is 45.5. The number of halogens is 3. The maximum Gasteiger partial charge on any atom is 0.408 e. The number of benzene rings is 1. The van der Waals surface area contributed by atoms with E-state index in [1.165, 1.54) is 30.7 Å². The summed E-state index contributed by atoms with van der Waals surface area (Å²) in [5.74, 6) is -2.52.